The molecule has 218 valence electrons. The van der Waals surface area contributed by atoms with Crippen LogP contribution >= 0.6 is 0 Å². The molecule has 1 atom stereocenters. The number of carbonyl (C=O) groups is 3. The Morgan fingerprint density at radius 1 is 1.05 bits per heavy atom. The van der Waals surface area contributed by atoms with Crippen LogP contribution in [0.3, 0.4) is 0 Å². The summed E-state index contributed by atoms with van der Waals surface area (Å²) in [6.45, 7) is 12.9. The van der Waals surface area contributed by atoms with E-state index < -0.39 is 12.0 Å². The average Bonchev–Trinajstić information content (AvgIpc) is 3.20. The highest BCUT2D eigenvalue weighted by atomic mass is 16.5. The molecule has 0 bridgehead atoms. The van der Waals surface area contributed by atoms with Crippen molar-refractivity contribution in [2.75, 3.05) is 45.9 Å². The fourth-order valence-electron chi connectivity index (χ4n) is 5.20. The summed E-state index contributed by atoms with van der Waals surface area (Å²) in [5.74, 6) is 0.863. The molecule has 9 heteroatoms. The van der Waals surface area contributed by atoms with Crippen molar-refractivity contribution in [3.63, 3.8) is 0 Å². The van der Waals surface area contributed by atoms with Crippen LogP contribution in [0.4, 0.5) is 4.79 Å². The monoisotopic (exact) mass is 560 g/mol. The van der Waals surface area contributed by atoms with Gasteiger partial charge in [0.05, 0.1) is 18.2 Å². The van der Waals surface area contributed by atoms with Gasteiger partial charge in [0, 0.05) is 50.9 Å². The zero-order chi connectivity index (χ0) is 29.4. The summed E-state index contributed by atoms with van der Waals surface area (Å²) >= 11 is 0. The maximum absolute atomic E-state index is 13.6. The highest BCUT2D eigenvalue weighted by Gasteiger charge is 2.39. The lowest BCUT2D eigenvalue weighted by Crippen LogP contribution is -2.51. The molecule has 1 fully saturated rings. The maximum Gasteiger partial charge on any atom is 0.338 e. The SMILES string of the molecule is C=CCN1C(=O)NC(c2cccc(Oc3ccccc3)c2)C(C(=O)OCC)=C1CN1CCCN(C(=O)C(C)C)CC1. The third kappa shape index (κ3) is 7.35. The summed E-state index contributed by atoms with van der Waals surface area (Å²) in [6.07, 6.45) is 2.44. The van der Waals surface area contributed by atoms with Crippen molar-refractivity contribution in [2.24, 2.45) is 5.92 Å². The number of nitrogens with zero attached hydrogens (tertiary/aromatic N) is 3. The summed E-state index contributed by atoms with van der Waals surface area (Å²) in [6, 6.07) is 15.7. The van der Waals surface area contributed by atoms with Crippen LogP contribution in [0.25, 0.3) is 0 Å². The van der Waals surface area contributed by atoms with Gasteiger partial charge in [0.2, 0.25) is 5.91 Å². The van der Waals surface area contributed by atoms with E-state index >= 15 is 0 Å². The molecular weight excluding hydrogens is 520 g/mol. The molecule has 3 amide bonds. The summed E-state index contributed by atoms with van der Waals surface area (Å²) in [7, 11) is 0. The van der Waals surface area contributed by atoms with E-state index in [-0.39, 0.29) is 31.0 Å². The van der Waals surface area contributed by atoms with Crippen LogP contribution in [0.15, 0.2) is 78.5 Å². The highest BCUT2D eigenvalue weighted by molar-refractivity contribution is 5.95. The molecule has 2 aliphatic heterocycles. The number of urea groups is 1. The molecule has 4 rings (SSSR count). The molecule has 1 N–H and O–H groups in total. The first-order chi connectivity index (χ1) is 19.8. The van der Waals surface area contributed by atoms with Gasteiger partial charge in [-0.25, -0.2) is 9.59 Å². The Kier molecular flexibility index (Phi) is 10.2. The molecule has 1 unspecified atom stereocenters. The average molecular weight is 561 g/mol. The molecule has 0 radical (unpaired) electrons. The van der Waals surface area contributed by atoms with Gasteiger partial charge >= 0.3 is 12.0 Å². The number of hydrogen-bond acceptors (Lipinski definition) is 6. The van der Waals surface area contributed by atoms with Gasteiger partial charge in [-0.1, -0.05) is 50.3 Å². The zero-order valence-corrected chi connectivity index (χ0v) is 24.2. The van der Waals surface area contributed by atoms with Crippen molar-refractivity contribution in [1.29, 1.82) is 0 Å². The molecule has 2 aromatic carbocycles. The molecule has 0 aliphatic carbocycles. The maximum atomic E-state index is 13.6. The number of nitrogens with one attached hydrogen (secondary N) is 1. The predicted octanol–water partition coefficient (Wildman–Crippen LogP) is 4.74. The third-order valence-corrected chi connectivity index (χ3v) is 7.18. The Labute approximate surface area is 242 Å². The molecule has 2 heterocycles. The van der Waals surface area contributed by atoms with E-state index in [9.17, 15) is 14.4 Å². The summed E-state index contributed by atoms with van der Waals surface area (Å²) in [4.78, 5) is 45.3. The van der Waals surface area contributed by atoms with E-state index in [4.69, 9.17) is 9.47 Å². The summed E-state index contributed by atoms with van der Waals surface area (Å²) < 4.78 is 11.6. The van der Waals surface area contributed by atoms with Gasteiger partial charge in [-0.2, -0.15) is 0 Å². The molecule has 41 heavy (non-hydrogen) atoms. The van der Waals surface area contributed by atoms with Crippen molar-refractivity contribution in [2.45, 2.75) is 33.2 Å². The lowest BCUT2D eigenvalue weighted by molar-refractivity contribution is -0.139. The Morgan fingerprint density at radius 3 is 2.51 bits per heavy atom. The Balaban J connectivity index is 1.70. The van der Waals surface area contributed by atoms with Crippen LogP contribution < -0.4 is 10.1 Å². The fourth-order valence-corrected chi connectivity index (χ4v) is 5.20. The molecule has 0 saturated carbocycles. The number of amides is 3. The largest absolute Gasteiger partial charge is 0.463 e. The minimum Gasteiger partial charge on any atom is -0.463 e. The molecule has 1 saturated heterocycles. The van der Waals surface area contributed by atoms with E-state index in [1.54, 1.807) is 17.9 Å². The van der Waals surface area contributed by atoms with Crippen LogP contribution in [0.1, 0.15) is 38.8 Å². The van der Waals surface area contributed by atoms with Gasteiger partial charge in [0.1, 0.15) is 11.5 Å². The standard InChI is InChI=1S/C32H40N4O5/c1-5-16-36-27(22-34-17-11-18-35(20-19-34)30(37)23(3)4)28(31(38)40-6-2)29(33-32(36)39)24-12-10-15-26(21-24)41-25-13-8-7-9-14-25/h5,7-10,12-15,21,23,29H,1,6,11,16-20,22H2,2-4H3,(H,33,39). The van der Waals surface area contributed by atoms with Gasteiger partial charge in [-0.3, -0.25) is 14.6 Å². The minimum absolute atomic E-state index is 0.0628. The van der Waals surface area contributed by atoms with Crippen molar-refractivity contribution in [3.05, 3.63) is 84.1 Å². The van der Waals surface area contributed by atoms with Crippen molar-refractivity contribution in [3.8, 4) is 11.5 Å². The number of rotatable bonds is 10. The lowest BCUT2D eigenvalue weighted by Gasteiger charge is -2.38. The Morgan fingerprint density at radius 2 is 1.80 bits per heavy atom. The molecule has 2 aliphatic rings. The minimum atomic E-state index is -0.733. The Hall–Kier alpha value is -4.11. The predicted molar refractivity (Wildman–Crippen MR) is 157 cm³/mol. The van der Waals surface area contributed by atoms with E-state index in [2.05, 4.69) is 16.8 Å². The van der Waals surface area contributed by atoms with Gasteiger partial charge < -0.3 is 19.7 Å². The van der Waals surface area contributed by atoms with Crippen molar-refractivity contribution >= 4 is 17.9 Å². The van der Waals surface area contributed by atoms with E-state index in [0.717, 1.165) is 13.0 Å². The van der Waals surface area contributed by atoms with Gasteiger partial charge in [-0.15, -0.1) is 6.58 Å². The zero-order valence-electron chi connectivity index (χ0n) is 24.2. The summed E-state index contributed by atoms with van der Waals surface area (Å²) in [5.41, 5.74) is 1.66. The topological polar surface area (TPSA) is 91.4 Å². The van der Waals surface area contributed by atoms with E-state index in [1.807, 2.05) is 73.3 Å². The van der Waals surface area contributed by atoms with Crippen LogP contribution in [0.5, 0.6) is 11.5 Å². The quantitative estimate of drug-likeness (QED) is 0.334. The number of esters is 1. The fraction of sp³-hybridized carbons (Fsp3) is 0.406. The lowest BCUT2D eigenvalue weighted by atomic mass is 9.94. The second-order valence-corrected chi connectivity index (χ2v) is 10.5. The number of carbonyl (C=O) groups excluding carboxylic acids is 3. The summed E-state index contributed by atoms with van der Waals surface area (Å²) in [5, 5.41) is 3.02. The molecule has 2 aromatic rings. The number of ether oxygens (including phenoxy) is 2. The number of para-hydroxylation sites is 1. The third-order valence-electron chi connectivity index (χ3n) is 7.18. The second-order valence-electron chi connectivity index (χ2n) is 10.5. The van der Waals surface area contributed by atoms with Crippen molar-refractivity contribution < 1.29 is 23.9 Å². The highest BCUT2D eigenvalue weighted by Crippen LogP contribution is 2.34. The van der Waals surface area contributed by atoms with E-state index in [1.165, 1.54) is 0 Å². The molecular formula is C32H40N4O5. The van der Waals surface area contributed by atoms with E-state index in [0.29, 0.717) is 54.5 Å². The van der Waals surface area contributed by atoms with Crippen LogP contribution in [0, 0.1) is 5.92 Å². The smallest absolute Gasteiger partial charge is 0.338 e. The van der Waals surface area contributed by atoms with Crippen LogP contribution in [-0.2, 0) is 14.3 Å². The number of hydrogen-bond donors (Lipinski definition) is 1. The first kappa shape index (κ1) is 29.9. The first-order valence-corrected chi connectivity index (χ1v) is 14.3. The Bertz CT molecular complexity index is 1280. The van der Waals surface area contributed by atoms with Crippen LogP contribution in [-0.4, -0.2) is 78.5 Å². The first-order valence-electron chi connectivity index (χ1n) is 14.3. The van der Waals surface area contributed by atoms with Crippen LogP contribution in [0.2, 0.25) is 0 Å². The second kappa shape index (κ2) is 14.0. The van der Waals surface area contributed by atoms with Crippen molar-refractivity contribution in [1.82, 2.24) is 20.0 Å². The molecule has 9 nitrogen and oxygen atoms in total. The normalized spacial score (nSPS) is 18.1. The van der Waals surface area contributed by atoms with Gasteiger partial charge in [0.15, 0.2) is 0 Å². The number of benzene rings is 2. The van der Waals surface area contributed by atoms with Gasteiger partial charge in [-0.05, 0) is 43.2 Å². The molecule has 0 spiro atoms. The van der Waals surface area contributed by atoms with Gasteiger partial charge in [0.25, 0.3) is 0 Å². The molecule has 0 aromatic heterocycles.